The summed E-state index contributed by atoms with van der Waals surface area (Å²) in [5, 5.41) is 0. The highest BCUT2D eigenvalue weighted by Crippen LogP contribution is 2.16. The van der Waals surface area contributed by atoms with Gasteiger partial charge >= 0.3 is 0 Å². The molecule has 1 aliphatic heterocycles. The first-order chi connectivity index (χ1) is 6.66. The molecule has 5 heteroatoms. The first kappa shape index (κ1) is 8.93. The van der Waals surface area contributed by atoms with Crippen LogP contribution in [0.1, 0.15) is 18.2 Å². The van der Waals surface area contributed by atoms with E-state index in [-0.39, 0.29) is 5.91 Å². The molecular formula is C9H12N4O. The summed E-state index contributed by atoms with van der Waals surface area (Å²) in [6.45, 7) is 2.90. The molecule has 0 radical (unpaired) electrons. The van der Waals surface area contributed by atoms with Gasteiger partial charge in [0.15, 0.2) is 0 Å². The Kier molecular flexibility index (Phi) is 2.07. The molecular weight excluding hydrogens is 180 g/mol. The van der Waals surface area contributed by atoms with Crippen molar-refractivity contribution in [3.05, 3.63) is 17.5 Å². The molecule has 0 bridgehead atoms. The van der Waals surface area contributed by atoms with Crippen molar-refractivity contribution in [2.75, 3.05) is 12.3 Å². The third-order valence-corrected chi connectivity index (χ3v) is 2.40. The Morgan fingerprint density at radius 3 is 3.14 bits per heavy atom. The molecule has 74 valence electrons. The highest BCUT2D eigenvalue weighted by molar-refractivity contribution is 5.73. The minimum Gasteiger partial charge on any atom is -0.368 e. The quantitative estimate of drug-likeness (QED) is 0.626. The summed E-state index contributed by atoms with van der Waals surface area (Å²) in [5.74, 6) is 0.396. The molecule has 1 aliphatic rings. The van der Waals surface area contributed by atoms with E-state index in [2.05, 4.69) is 9.97 Å². The molecule has 0 aromatic carbocycles. The standard InChI is InChI=1S/C9H12N4O/c1-6(14)13-3-2-8-7(5-13)4-11-9(10)12-8/h4H,2-3,5H2,1H3,(H2,10,11,12). The van der Waals surface area contributed by atoms with Gasteiger partial charge in [-0.1, -0.05) is 0 Å². The average Bonchev–Trinajstić information content (AvgIpc) is 2.16. The van der Waals surface area contributed by atoms with Crippen LogP contribution in [0.15, 0.2) is 6.20 Å². The second-order valence-electron chi connectivity index (χ2n) is 3.39. The topological polar surface area (TPSA) is 72.1 Å². The van der Waals surface area contributed by atoms with Crippen molar-refractivity contribution in [2.45, 2.75) is 19.9 Å². The summed E-state index contributed by atoms with van der Waals surface area (Å²) in [6, 6.07) is 0. The summed E-state index contributed by atoms with van der Waals surface area (Å²) >= 11 is 0. The van der Waals surface area contributed by atoms with Gasteiger partial charge in [0.1, 0.15) is 0 Å². The molecule has 0 aliphatic carbocycles. The molecule has 1 amide bonds. The number of nitrogens with two attached hydrogens (primary N) is 1. The smallest absolute Gasteiger partial charge is 0.220 e. The van der Waals surface area contributed by atoms with Gasteiger partial charge in [0.2, 0.25) is 11.9 Å². The van der Waals surface area contributed by atoms with E-state index in [1.807, 2.05) is 0 Å². The van der Waals surface area contributed by atoms with Crippen molar-refractivity contribution in [1.29, 1.82) is 0 Å². The summed E-state index contributed by atoms with van der Waals surface area (Å²) in [4.78, 5) is 21.0. The predicted octanol–water partition coefficient (Wildman–Crippen LogP) is -0.0366. The predicted molar refractivity (Wildman–Crippen MR) is 51.2 cm³/mol. The van der Waals surface area contributed by atoms with Crippen LogP contribution in [0, 0.1) is 0 Å². The van der Waals surface area contributed by atoms with Crippen molar-refractivity contribution in [1.82, 2.24) is 14.9 Å². The lowest BCUT2D eigenvalue weighted by atomic mass is 10.1. The number of nitrogen functional groups attached to an aromatic ring is 1. The van der Waals surface area contributed by atoms with E-state index in [1.54, 1.807) is 18.0 Å². The lowest BCUT2D eigenvalue weighted by Gasteiger charge is -2.26. The Balaban J connectivity index is 2.27. The van der Waals surface area contributed by atoms with Gasteiger partial charge in [0.25, 0.3) is 0 Å². The maximum atomic E-state index is 11.1. The van der Waals surface area contributed by atoms with E-state index in [0.29, 0.717) is 12.5 Å². The lowest BCUT2D eigenvalue weighted by molar-refractivity contribution is -0.129. The number of fused-ring (bicyclic) bond motifs is 1. The minimum atomic E-state index is 0.0903. The normalized spacial score (nSPS) is 15.1. The van der Waals surface area contributed by atoms with Crippen LogP contribution in [-0.4, -0.2) is 27.3 Å². The highest BCUT2D eigenvalue weighted by atomic mass is 16.2. The zero-order chi connectivity index (χ0) is 10.1. The van der Waals surface area contributed by atoms with Gasteiger partial charge in [-0.3, -0.25) is 4.79 Å². The van der Waals surface area contributed by atoms with Gasteiger partial charge in [-0.25, -0.2) is 9.97 Å². The van der Waals surface area contributed by atoms with E-state index in [4.69, 9.17) is 5.73 Å². The molecule has 0 atom stereocenters. The van der Waals surface area contributed by atoms with E-state index < -0.39 is 0 Å². The van der Waals surface area contributed by atoms with E-state index in [9.17, 15) is 4.79 Å². The molecule has 2 N–H and O–H groups in total. The Labute approximate surface area is 82.0 Å². The van der Waals surface area contributed by atoms with Crippen molar-refractivity contribution < 1.29 is 4.79 Å². The number of carbonyl (C=O) groups is 1. The van der Waals surface area contributed by atoms with Crippen LogP contribution in [0.4, 0.5) is 5.95 Å². The Hall–Kier alpha value is -1.65. The highest BCUT2D eigenvalue weighted by Gasteiger charge is 2.19. The van der Waals surface area contributed by atoms with Crippen LogP contribution in [0.2, 0.25) is 0 Å². The summed E-state index contributed by atoms with van der Waals surface area (Å²) in [6.07, 6.45) is 2.47. The monoisotopic (exact) mass is 192 g/mol. The van der Waals surface area contributed by atoms with E-state index in [1.165, 1.54) is 0 Å². The molecule has 0 spiro atoms. The van der Waals surface area contributed by atoms with Gasteiger partial charge in [-0.15, -0.1) is 0 Å². The number of carbonyl (C=O) groups excluding carboxylic acids is 1. The van der Waals surface area contributed by atoms with Gasteiger partial charge in [-0.05, 0) is 0 Å². The molecule has 0 saturated heterocycles. The van der Waals surface area contributed by atoms with E-state index in [0.717, 1.165) is 24.2 Å². The number of aromatic nitrogens is 2. The summed E-state index contributed by atoms with van der Waals surface area (Å²) in [7, 11) is 0. The molecule has 1 aromatic rings. The second-order valence-corrected chi connectivity index (χ2v) is 3.39. The second kappa shape index (κ2) is 3.25. The Morgan fingerprint density at radius 1 is 1.64 bits per heavy atom. The fourth-order valence-electron chi connectivity index (χ4n) is 1.60. The average molecular weight is 192 g/mol. The van der Waals surface area contributed by atoms with Crippen LogP contribution in [-0.2, 0) is 17.8 Å². The maximum absolute atomic E-state index is 11.1. The SMILES string of the molecule is CC(=O)N1CCc2nc(N)ncc2C1. The summed E-state index contributed by atoms with van der Waals surface area (Å²) < 4.78 is 0. The van der Waals surface area contributed by atoms with Crippen LogP contribution >= 0.6 is 0 Å². The molecule has 2 heterocycles. The fraction of sp³-hybridized carbons (Fsp3) is 0.444. The molecule has 5 nitrogen and oxygen atoms in total. The molecule has 0 unspecified atom stereocenters. The molecule has 0 fully saturated rings. The molecule has 0 saturated carbocycles. The number of amides is 1. The molecule has 1 aromatic heterocycles. The van der Waals surface area contributed by atoms with Gasteiger partial charge in [0, 0.05) is 38.2 Å². The number of hydrogen-bond acceptors (Lipinski definition) is 4. The van der Waals surface area contributed by atoms with E-state index >= 15 is 0 Å². The number of hydrogen-bond donors (Lipinski definition) is 1. The van der Waals surface area contributed by atoms with Crippen molar-refractivity contribution >= 4 is 11.9 Å². The number of rotatable bonds is 0. The largest absolute Gasteiger partial charge is 0.368 e. The third-order valence-electron chi connectivity index (χ3n) is 2.40. The summed E-state index contributed by atoms with van der Waals surface area (Å²) in [5.41, 5.74) is 7.44. The van der Waals surface area contributed by atoms with Crippen molar-refractivity contribution in [2.24, 2.45) is 0 Å². The first-order valence-electron chi connectivity index (χ1n) is 4.52. The minimum absolute atomic E-state index is 0.0903. The van der Waals surface area contributed by atoms with Gasteiger partial charge in [0.05, 0.1) is 5.69 Å². The maximum Gasteiger partial charge on any atom is 0.220 e. The Bertz CT molecular complexity index is 377. The zero-order valence-corrected chi connectivity index (χ0v) is 8.03. The van der Waals surface area contributed by atoms with Crippen molar-refractivity contribution in [3.63, 3.8) is 0 Å². The van der Waals surface area contributed by atoms with Crippen molar-refractivity contribution in [3.8, 4) is 0 Å². The van der Waals surface area contributed by atoms with Crippen LogP contribution in [0.25, 0.3) is 0 Å². The first-order valence-corrected chi connectivity index (χ1v) is 4.52. The molecule has 14 heavy (non-hydrogen) atoms. The zero-order valence-electron chi connectivity index (χ0n) is 8.03. The lowest BCUT2D eigenvalue weighted by Crippen LogP contribution is -2.34. The fourth-order valence-corrected chi connectivity index (χ4v) is 1.60. The van der Waals surface area contributed by atoms with Crippen LogP contribution in [0.3, 0.4) is 0 Å². The van der Waals surface area contributed by atoms with Crippen LogP contribution < -0.4 is 5.73 Å². The van der Waals surface area contributed by atoms with Gasteiger partial charge in [-0.2, -0.15) is 0 Å². The Morgan fingerprint density at radius 2 is 2.43 bits per heavy atom. The van der Waals surface area contributed by atoms with Crippen LogP contribution in [0.5, 0.6) is 0 Å². The van der Waals surface area contributed by atoms with Gasteiger partial charge < -0.3 is 10.6 Å². The number of nitrogens with zero attached hydrogens (tertiary/aromatic N) is 3. The molecule has 2 rings (SSSR count). The number of anilines is 1. The third kappa shape index (κ3) is 1.53.